The lowest BCUT2D eigenvalue weighted by Crippen LogP contribution is -3.00. The number of rotatable bonds is 12. The molecule has 1 aromatic heterocycles. The van der Waals surface area contributed by atoms with Crippen LogP contribution in [0.2, 0.25) is 0 Å². The van der Waals surface area contributed by atoms with Crippen LogP contribution in [-0.2, 0) is 6.54 Å². The molecule has 0 unspecified atom stereocenters. The van der Waals surface area contributed by atoms with Crippen LogP contribution in [0.4, 0.5) is 5.69 Å². The van der Waals surface area contributed by atoms with Crippen molar-refractivity contribution >= 4 is 30.2 Å². The summed E-state index contributed by atoms with van der Waals surface area (Å²) < 4.78 is 2.21. The van der Waals surface area contributed by atoms with Crippen molar-refractivity contribution in [1.82, 2.24) is 0 Å². The van der Waals surface area contributed by atoms with Gasteiger partial charge in [-0.2, -0.15) is 0 Å². The van der Waals surface area contributed by atoms with Crippen molar-refractivity contribution < 1.29 is 27.2 Å². The van der Waals surface area contributed by atoms with Gasteiger partial charge in [0.15, 0.2) is 12.4 Å². The number of hydrogen-bond acceptors (Lipinski definition) is 4. The van der Waals surface area contributed by atoms with Gasteiger partial charge in [0, 0.05) is 37.3 Å². The molecule has 0 radical (unpaired) electrons. The van der Waals surface area contributed by atoms with E-state index in [1.165, 1.54) is 12.0 Å². The second-order valence-electron chi connectivity index (χ2n) is 6.58. The van der Waals surface area contributed by atoms with Crippen molar-refractivity contribution in [3.05, 3.63) is 59.9 Å². The number of anilines is 1. The SMILES string of the molecule is Cl.NCCCCC[n+]1ccc(/C=C/c2ccc(N(CCO)CCO)cc2)cc1.[Cl-]. The van der Waals surface area contributed by atoms with Crippen LogP contribution in [0.5, 0.6) is 0 Å². The van der Waals surface area contributed by atoms with Gasteiger partial charge < -0.3 is 33.3 Å². The number of nitrogens with two attached hydrogens (primary N) is 1. The zero-order chi connectivity index (χ0) is 19.3. The average molecular weight is 442 g/mol. The van der Waals surface area contributed by atoms with Gasteiger partial charge in [-0.25, -0.2) is 4.57 Å². The lowest BCUT2D eigenvalue weighted by atomic mass is 10.1. The van der Waals surface area contributed by atoms with Crippen LogP contribution in [0.1, 0.15) is 30.4 Å². The molecule has 0 aliphatic rings. The highest BCUT2D eigenvalue weighted by Gasteiger charge is 2.04. The third-order valence-corrected chi connectivity index (χ3v) is 4.50. The van der Waals surface area contributed by atoms with Gasteiger partial charge in [0.2, 0.25) is 0 Å². The number of aryl methyl sites for hydroxylation is 1. The van der Waals surface area contributed by atoms with Crippen molar-refractivity contribution in [3.8, 4) is 0 Å². The van der Waals surface area contributed by atoms with Crippen LogP contribution < -0.4 is 27.6 Å². The fourth-order valence-electron chi connectivity index (χ4n) is 2.94. The van der Waals surface area contributed by atoms with Crippen LogP contribution in [0.3, 0.4) is 0 Å². The van der Waals surface area contributed by atoms with E-state index in [2.05, 4.69) is 41.2 Å². The molecule has 0 aliphatic heterocycles. The van der Waals surface area contributed by atoms with Gasteiger partial charge in [-0.3, -0.25) is 0 Å². The molecular weight excluding hydrogens is 409 g/mol. The molecule has 2 aromatic rings. The first-order valence-electron chi connectivity index (χ1n) is 9.71. The summed E-state index contributed by atoms with van der Waals surface area (Å²) in [6, 6.07) is 12.4. The van der Waals surface area contributed by atoms with Crippen LogP contribution in [-0.4, -0.2) is 43.1 Å². The summed E-state index contributed by atoms with van der Waals surface area (Å²) in [4.78, 5) is 1.97. The molecule has 2 rings (SSSR count). The number of unbranched alkanes of at least 4 members (excludes halogenated alkanes) is 2. The molecule has 4 N–H and O–H groups in total. The molecule has 162 valence electrons. The molecule has 0 saturated carbocycles. The highest BCUT2D eigenvalue weighted by molar-refractivity contribution is 5.85. The van der Waals surface area contributed by atoms with Gasteiger partial charge in [0.1, 0.15) is 6.54 Å². The Morgan fingerprint density at radius 3 is 1.90 bits per heavy atom. The van der Waals surface area contributed by atoms with Gasteiger partial charge in [0.05, 0.1) is 13.2 Å². The first-order chi connectivity index (χ1) is 13.3. The fraction of sp³-hybridized carbons (Fsp3) is 0.409. The maximum absolute atomic E-state index is 9.14. The van der Waals surface area contributed by atoms with E-state index in [1.54, 1.807) is 0 Å². The first kappa shape index (κ1) is 27.4. The Hall–Kier alpha value is -1.63. The van der Waals surface area contributed by atoms with E-state index in [1.807, 2.05) is 29.2 Å². The van der Waals surface area contributed by atoms with Gasteiger partial charge >= 0.3 is 0 Å². The highest BCUT2D eigenvalue weighted by atomic mass is 35.5. The number of benzene rings is 1. The standard InChI is InChI=1S/C22H32N3O2.2ClH/c23-12-2-1-3-13-24-14-10-21(11-15-24)5-4-20-6-8-22(9-7-20)25(16-18-26)17-19-27;;/h4-11,14-15,26-27H,1-3,12-13,16-19,23H2;2*1H/q+1;;/p-1. The Bertz CT molecular complexity index is 673. The normalized spacial score (nSPS) is 10.4. The van der Waals surface area contributed by atoms with E-state index in [0.717, 1.165) is 37.2 Å². The third-order valence-electron chi connectivity index (χ3n) is 4.50. The summed E-state index contributed by atoms with van der Waals surface area (Å²) in [5, 5.41) is 18.3. The summed E-state index contributed by atoms with van der Waals surface area (Å²) in [7, 11) is 0. The summed E-state index contributed by atoms with van der Waals surface area (Å²) in [5.41, 5.74) is 8.81. The van der Waals surface area contributed by atoms with Crippen LogP contribution in [0.15, 0.2) is 48.8 Å². The minimum absolute atomic E-state index is 0. The predicted molar refractivity (Wildman–Crippen MR) is 119 cm³/mol. The summed E-state index contributed by atoms with van der Waals surface area (Å²) >= 11 is 0. The second kappa shape index (κ2) is 16.2. The van der Waals surface area contributed by atoms with Crippen LogP contribution in [0, 0.1) is 0 Å². The zero-order valence-electron chi connectivity index (χ0n) is 16.8. The molecule has 29 heavy (non-hydrogen) atoms. The summed E-state index contributed by atoms with van der Waals surface area (Å²) in [6.07, 6.45) is 11.9. The van der Waals surface area contributed by atoms with Gasteiger partial charge in [-0.15, -0.1) is 12.4 Å². The number of nitrogens with zero attached hydrogens (tertiary/aromatic N) is 2. The molecule has 1 heterocycles. The Kier molecular flexibility index (Phi) is 15.3. The lowest BCUT2D eigenvalue weighted by molar-refractivity contribution is -0.697. The minimum atomic E-state index is 0. The third kappa shape index (κ3) is 10.1. The Morgan fingerprint density at radius 2 is 1.38 bits per heavy atom. The molecule has 5 nitrogen and oxygen atoms in total. The van der Waals surface area contributed by atoms with Gasteiger partial charge in [0.25, 0.3) is 0 Å². The lowest BCUT2D eigenvalue weighted by Gasteiger charge is -2.22. The fourth-order valence-corrected chi connectivity index (χ4v) is 2.94. The monoisotopic (exact) mass is 441 g/mol. The number of hydrogen-bond donors (Lipinski definition) is 3. The molecule has 0 amide bonds. The molecule has 0 saturated heterocycles. The molecule has 1 aromatic carbocycles. The van der Waals surface area contributed by atoms with Crippen LogP contribution in [0.25, 0.3) is 12.2 Å². The smallest absolute Gasteiger partial charge is 0.169 e. The quantitative estimate of drug-likeness (QED) is 0.306. The predicted octanol–water partition coefficient (Wildman–Crippen LogP) is -0.510. The molecule has 0 bridgehead atoms. The Labute approximate surface area is 186 Å². The first-order valence-corrected chi connectivity index (χ1v) is 9.71. The number of aliphatic hydroxyl groups is 2. The number of halogens is 2. The van der Waals surface area contributed by atoms with E-state index in [9.17, 15) is 0 Å². The average Bonchev–Trinajstić information content (AvgIpc) is 2.71. The maximum Gasteiger partial charge on any atom is 0.169 e. The van der Waals surface area contributed by atoms with Gasteiger partial charge in [-0.05, 0) is 42.6 Å². The molecular formula is C22H33Cl2N3O2. The summed E-state index contributed by atoms with van der Waals surface area (Å²) in [6.45, 7) is 2.99. The minimum Gasteiger partial charge on any atom is -1.00 e. The van der Waals surface area contributed by atoms with Crippen molar-refractivity contribution in [2.75, 3.05) is 37.7 Å². The maximum atomic E-state index is 9.14. The Balaban J connectivity index is 0.00000392. The van der Waals surface area contributed by atoms with Crippen LogP contribution >= 0.6 is 12.4 Å². The van der Waals surface area contributed by atoms with E-state index in [4.69, 9.17) is 15.9 Å². The van der Waals surface area contributed by atoms with Gasteiger partial charge in [-0.1, -0.05) is 24.3 Å². The van der Waals surface area contributed by atoms with Crippen molar-refractivity contribution in [1.29, 1.82) is 0 Å². The Morgan fingerprint density at radius 1 is 0.828 bits per heavy atom. The summed E-state index contributed by atoms with van der Waals surface area (Å²) in [5.74, 6) is 0. The van der Waals surface area contributed by atoms with E-state index < -0.39 is 0 Å². The van der Waals surface area contributed by atoms with Crippen molar-refractivity contribution in [2.24, 2.45) is 5.73 Å². The molecule has 0 atom stereocenters. The number of aromatic nitrogens is 1. The van der Waals surface area contributed by atoms with E-state index in [0.29, 0.717) is 13.1 Å². The molecule has 7 heteroatoms. The molecule has 0 fully saturated rings. The van der Waals surface area contributed by atoms with E-state index >= 15 is 0 Å². The van der Waals surface area contributed by atoms with Crippen molar-refractivity contribution in [2.45, 2.75) is 25.8 Å². The molecule has 0 spiro atoms. The topological polar surface area (TPSA) is 73.6 Å². The highest BCUT2D eigenvalue weighted by Crippen LogP contribution is 2.16. The largest absolute Gasteiger partial charge is 1.00 e. The molecule has 0 aliphatic carbocycles. The zero-order valence-corrected chi connectivity index (χ0v) is 18.4. The number of pyridine rings is 1. The second-order valence-corrected chi connectivity index (χ2v) is 6.58. The number of aliphatic hydroxyl groups excluding tert-OH is 2. The van der Waals surface area contributed by atoms with E-state index in [-0.39, 0.29) is 38.0 Å². The van der Waals surface area contributed by atoms with Crippen molar-refractivity contribution in [3.63, 3.8) is 0 Å².